The Kier molecular flexibility index (Phi) is 8.16. The zero-order valence-corrected chi connectivity index (χ0v) is 26.8. The Hall–Kier alpha value is -6.45. The van der Waals surface area contributed by atoms with E-state index in [1.54, 1.807) is 0 Å². The summed E-state index contributed by atoms with van der Waals surface area (Å²) in [5.74, 6) is 1.94. The van der Waals surface area contributed by atoms with E-state index in [-0.39, 0.29) is 7.43 Å². The molecule has 8 aromatic rings. The molecule has 1 heterocycles. The van der Waals surface area contributed by atoms with E-state index in [0.29, 0.717) is 17.5 Å². The van der Waals surface area contributed by atoms with Crippen LogP contribution < -0.4 is 0 Å². The Morgan fingerprint density at radius 2 is 0.720 bits per heavy atom. The minimum Gasteiger partial charge on any atom is -0.208 e. The number of rotatable bonds is 6. The number of hydrogen-bond acceptors (Lipinski definition) is 3. The third kappa shape index (κ3) is 5.80. The monoisotopic (exact) mass is 641 g/mol. The molecule has 1 aliphatic carbocycles. The second-order valence-electron chi connectivity index (χ2n) is 12.4. The molecule has 0 aliphatic heterocycles. The quantitative estimate of drug-likeness (QED) is 0.181. The van der Waals surface area contributed by atoms with Crippen molar-refractivity contribution < 1.29 is 0 Å². The van der Waals surface area contributed by atoms with Crippen molar-refractivity contribution in [1.82, 2.24) is 15.0 Å². The van der Waals surface area contributed by atoms with E-state index in [0.717, 1.165) is 45.4 Å². The maximum atomic E-state index is 5.15. The van der Waals surface area contributed by atoms with E-state index in [9.17, 15) is 0 Å². The molecule has 0 saturated carbocycles. The van der Waals surface area contributed by atoms with E-state index in [1.807, 2.05) is 24.3 Å². The van der Waals surface area contributed by atoms with Crippen molar-refractivity contribution in [3.8, 4) is 78.7 Å². The Morgan fingerprint density at radius 1 is 0.300 bits per heavy atom. The number of fused-ring (bicyclic) bond motifs is 3. The van der Waals surface area contributed by atoms with Crippen molar-refractivity contribution in [2.24, 2.45) is 0 Å². The summed E-state index contributed by atoms with van der Waals surface area (Å²) < 4.78 is 0. The Labute approximate surface area is 293 Å². The molecule has 0 atom stereocenters. The lowest BCUT2D eigenvalue weighted by Gasteiger charge is -2.14. The predicted molar refractivity (Wildman–Crippen MR) is 207 cm³/mol. The van der Waals surface area contributed by atoms with Gasteiger partial charge in [-0.05, 0) is 80.3 Å². The van der Waals surface area contributed by atoms with Crippen LogP contribution >= 0.6 is 0 Å². The van der Waals surface area contributed by atoms with Crippen molar-refractivity contribution in [1.29, 1.82) is 0 Å². The van der Waals surface area contributed by atoms with Crippen molar-refractivity contribution in [3.05, 3.63) is 187 Å². The zero-order chi connectivity index (χ0) is 32.6. The SMILES string of the molecule is C.c1ccc(-c2ccc(-c3nc(-c4ccccc4)nc(-c4cc(-c5ccccc5)cc(-c5cccc6c5Cc5ccccc5-6)c4)n3)cc2)cc1. The first-order valence-corrected chi connectivity index (χ1v) is 16.7. The summed E-state index contributed by atoms with van der Waals surface area (Å²) >= 11 is 0. The predicted octanol–water partition coefficient (Wildman–Crippen LogP) is 12.1. The maximum absolute atomic E-state index is 5.15. The molecule has 0 fully saturated rings. The summed E-state index contributed by atoms with van der Waals surface area (Å²) in [4.78, 5) is 15.3. The summed E-state index contributed by atoms with van der Waals surface area (Å²) in [6, 6.07) is 61.8. The third-order valence-corrected chi connectivity index (χ3v) is 9.38. The van der Waals surface area contributed by atoms with Crippen LogP contribution in [-0.4, -0.2) is 15.0 Å². The number of nitrogens with zero attached hydrogens (tertiary/aromatic N) is 3. The molecule has 1 aliphatic rings. The molecule has 0 N–H and O–H groups in total. The van der Waals surface area contributed by atoms with Gasteiger partial charge in [0.25, 0.3) is 0 Å². The minimum atomic E-state index is 0. The van der Waals surface area contributed by atoms with Gasteiger partial charge in [-0.25, -0.2) is 15.0 Å². The van der Waals surface area contributed by atoms with Gasteiger partial charge in [-0.1, -0.05) is 165 Å². The molecule has 7 aromatic carbocycles. The summed E-state index contributed by atoms with van der Waals surface area (Å²) in [5, 5.41) is 0. The van der Waals surface area contributed by atoms with E-state index >= 15 is 0 Å². The van der Waals surface area contributed by atoms with E-state index in [2.05, 4.69) is 152 Å². The van der Waals surface area contributed by atoms with Crippen LogP contribution in [0.2, 0.25) is 0 Å². The molecule has 0 amide bonds. The van der Waals surface area contributed by atoms with E-state index in [1.165, 1.54) is 33.4 Å². The molecule has 3 nitrogen and oxygen atoms in total. The summed E-state index contributed by atoms with van der Waals surface area (Å²) in [5.41, 5.74) is 15.2. The lowest BCUT2D eigenvalue weighted by Crippen LogP contribution is -2.01. The lowest BCUT2D eigenvalue weighted by atomic mass is 9.91. The van der Waals surface area contributed by atoms with Gasteiger partial charge < -0.3 is 0 Å². The van der Waals surface area contributed by atoms with Gasteiger partial charge in [0.1, 0.15) is 0 Å². The molecule has 0 radical (unpaired) electrons. The third-order valence-electron chi connectivity index (χ3n) is 9.38. The van der Waals surface area contributed by atoms with Crippen LogP contribution in [-0.2, 0) is 6.42 Å². The van der Waals surface area contributed by atoms with E-state index in [4.69, 9.17) is 15.0 Å². The topological polar surface area (TPSA) is 38.7 Å². The fourth-order valence-electron chi connectivity index (χ4n) is 6.93. The first-order chi connectivity index (χ1) is 24.3. The largest absolute Gasteiger partial charge is 0.208 e. The molecule has 0 bridgehead atoms. The molecule has 0 unspecified atom stereocenters. The molecule has 9 rings (SSSR count). The molecule has 0 spiro atoms. The number of aromatic nitrogens is 3. The molecule has 238 valence electrons. The van der Waals surface area contributed by atoms with Crippen molar-refractivity contribution >= 4 is 0 Å². The second-order valence-corrected chi connectivity index (χ2v) is 12.4. The first-order valence-electron chi connectivity index (χ1n) is 16.7. The maximum Gasteiger partial charge on any atom is 0.164 e. The van der Waals surface area contributed by atoms with Gasteiger partial charge in [0, 0.05) is 16.7 Å². The lowest BCUT2D eigenvalue weighted by molar-refractivity contribution is 1.07. The van der Waals surface area contributed by atoms with Gasteiger partial charge >= 0.3 is 0 Å². The number of hydrogen-bond donors (Lipinski definition) is 0. The standard InChI is InChI=1S/C46H31N3.CH4/c1-4-13-31(14-5-1)33-23-25-35(26-24-33)45-47-44(34-17-8-3-9-18-34)48-46(49-45)39-28-37(32-15-6-2-7-16-32)27-38(29-39)41-21-12-22-42-40-20-11-10-19-36(40)30-43(41)42;/h1-29H,30H2;1H4. The van der Waals surface area contributed by atoms with Gasteiger partial charge in [0.2, 0.25) is 0 Å². The van der Waals surface area contributed by atoms with E-state index < -0.39 is 0 Å². The highest BCUT2D eigenvalue weighted by atomic mass is 15.0. The fourth-order valence-corrected chi connectivity index (χ4v) is 6.93. The highest BCUT2D eigenvalue weighted by molar-refractivity contribution is 5.88. The van der Waals surface area contributed by atoms with Gasteiger partial charge in [-0.2, -0.15) is 0 Å². The molecular weight excluding hydrogens is 607 g/mol. The normalized spacial score (nSPS) is 11.4. The van der Waals surface area contributed by atoms with Crippen LogP contribution in [0.15, 0.2) is 176 Å². The molecular formula is C47H35N3. The van der Waals surface area contributed by atoms with Gasteiger partial charge in [0.05, 0.1) is 0 Å². The molecule has 3 heteroatoms. The Bertz CT molecular complexity index is 2440. The molecule has 0 saturated heterocycles. The molecule has 1 aromatic heterocycles. The van der Waals surface area contributed by atoms with Gasteiger partial charge in [0.15, 0.2) is 17.5 Å². The Balaban J connectivity index is 0.00000361. The van der Waals surface area contributed by atoms with Crippen molar-refractivity contribution in [2.75, 3.05) is 0 Å². The van der Waals surface area contributed by atoms with Crippen molar-refractivity contribution in [2.45, 2.75) is 13.8 Å². The fraction of sp³-hybridized carbons (Fsp3) is 0.0426. The highest BCUT2D eigenvalue weighted by Gasteiger charge is 2.22. The van der Waals surface area contributed by atoms with Crippen LogP contribution in [0.5, 0.6) is 0 Å². The minimum absolute atomic E-state index is 0. The summed E-state index contributed by atoms with van der Waals surface area (Å²) in [7, 11) is 0. The van der Waals surface area contributed by atoms with Gasteiger partial charge in [-0.3, -0.25) is 0 Å². The van der Waals surface area contributed by atoms with Crippen LogP contribution in [0, 0.1) is 0 Å². The second kappa shape index (κ2) is 13.2. The van der Waals surface area contributed by atoms with Gasteiger partial charge in [-0.15, -0.1) is 0 Å². The van der Waals surface area contributed by atoms with Crippen LogP contribution in [0.1, 0.15) is 18.6 Å². The Morgan fingerprint density at radius 3 is 1.38 bits per heavy atom. The smallest absolute Gasteiger partial charge is 0.164 e. The van der Waals surface area contributed by atoms with Crippen LogP contribution in [0.4, 0.5) is 0 Å². The first kappa shape index (κ1) is 30.9. The number of benzene rings is 7. The van der Waals surface area contributed by atoms with Crippen molar-refractivity contribution in [3.63, 3.8) is 0 Å². The zero-order valence-electron chi connectivity index (χ0n) is 26.8. The average molecular weight is 642 g/mol. The summed E-state index contributed by atoms with van der Waals surface area (Å²) in [6.07, 6.45) is 0.916. The molecule has 50 heavy (non-hydrogen) atoms. The van der Waals surface area contributed by atoms with Crippen LogP contribution in [0.3, 0.4) is 0 Å². The highest BCUT2D eigenvalue weighted by Crippen LogP contribution is 2.43. The van der Waals surface area contributed by atoms with Crippen LogP contribution in [0.25, 0.3) is 78.7 Å². The summed E-state index contributed by atoms with van der Waals surface area (Å²) in [6.45, 7) is 0. The average Bonchev–Trinajstić information content (AvgIpc) is 3.58.